The van der Waals surface area contributed by atoms with Crippen molar-refractivity contribution in [3.63, 3.8) is 0 Å². The van der Waals surface area contributed by atoms with Crippen LogP contribution in [0.5, 0.6) is 0 Å². The van der Waals surface area contributed by atoms with E-state index in [1.54, 1.807) is 42.5 Å². The highest BCUT2D eigenvalue weighted by atomic mass is 32.2. The predicted octanol–water partition coefficient (Wildman–Crippen LogP) is 3.70. The molecule has 1 heterocycles. The molecule has 0 bridgehead atoms. The van der Waals surface area contributed by atoms with E-state index in [0.29, 0.717) is 11.3 Å². The molecule has 7 heteroatoms. The summed E-state index contributed by atoms with van der Waals surface area (Å²) in [5, 5.41) is 12.8. The van der Waals surface area contributed by atoms with Crippen molar-refractivity contribution in [2.45, 2.75) is 17.6 Å². The molecule has 4 rings (SSSR count). The molecule has 0 unspecified atom stereocenters. The summed E-state index contributed by atoms with van der Waals surface area (Å²) in [7, 11) is -3.84. The molecule has 1 aliphatic heterocycles. The quantitative estimate of drug-likeness (QED) is 0.705. The van der Waals surface area contributed by atoms with Crippen LogP contribution in [0, 0.1) is 0 Å². The second-order valence-electron chi connectivity index (χ2n) is 6.47. The third-order valence-electron chi connectivity index (χ3n) is 4.72. The van der Waals surface area contributed by atoms with Crippen LogP contribution in [0.2, 0.25) is 0 Å². The first-order valence-electron chi connectivity index (χ1n) is 8.72. The summed E-state index contributed by atoms with van der Waals surface area (Å²) in [6.07, 6.45) is -0.840. The second kappa shape index (κ2) is 7.10. The number of nitrogens with zero attached hydrogens (tertiary/aromatic N) is 1. The van der Waals surface area contributed by atoms with Crippen molar-refractivity contribution in [3.05, 3.63) is 95.6 Å². The summed E-state index contributed by atoms with van der Waals surface area (Å²) in [5.41, 5.74) is 1.72. The van der Waals surface area contributed by atoms with Crippen LogP contribution < -0.4 is 5.32 Å². The van der Waals surface area contributed by atoms with Crippen LogP contribution in [0.4, 0.5) is 5.69 Å². The maximum atomic E-state index is 13.4. The number of benzene rings is 3. The van der Waals surface area contributed by atoms with Crippen molar-refractivity contribution in [3.8, 4) is 0 Å². The van der Waals surface area contributed by atoms with Crippen molar-refractivity contribution in [2.24, 2.45) is 0 Å². The Morgan fingerprint density at radius 3 is 2.32 bits per heavy atom. The summed E-state index contributed by atoms with van der Waals surface area (Å²) in [6.45, 7) is 0.114. The summed E-state index contributed by atoms with van der Waals surface area (Å²) >= 11 is 0. The number of carbonyl (C=O) groups is 1. The fourth-order valence-corrected chi connectivity index (χ4v) is 5.07. The van der Waals surface area contributed by atoms with Gasteiger partial charge in [-0.1, -0.05) is 60.7 Å². The zero-order valence-electron chi connectivity index (χ0n) is 14.8. The van der Waals surface area contributed by atoms with Crippen molar-refractivity contribution in [2.75, 3.05) is 5.32 Å². The molecule has 0 aliphatic carbocycles. The topological polar surface area (TPSA) is 86.7 Å². The summed E-state index contributed by atoms with van der Waals surface area (Å²) in [4.78, 5) is 11.9. The number of anilines is 1. The highest BCUT2D eigenvalue weighted by Gasteiger charge is 2.40. The van der Waals surface area contributed by atoms with Crippen molar-refractivity contribution >= 4 is 21.7 Å². The van der Waals surface area contributed by atoms with Crippen molar-refractivity contribution < 1.29 is 18.3 Å². The number of rotatable bonds is 4. The van der Waals surface area contributed by atoms with Crippen LogP contribution in [-0.4, -0.2) is 23.8 Å². The second-order valence-corrected chi connectivity index (χ2v) is 8.33. The molecule has 6 nitrogen and oxygen atoms in total. The van der Waals surface area contributed by atoms with Gasteiger partial charge in [-0.2, -0.15) is 4.31 Å². The number of aromatic carboxylic acids is 1. The summed E-state index contributed by atoms with van der Waals surface area (Å²) < 4.78 is 28.1. The van der Waals surface area contributed by atoms with Gasteiger partial charge in [0.05, 0.1) is 11.3 Å². The van der Waals surface area contributed by atoms with Crippen LogP contribution in [0.1, 0.15) is 27.7 Å². The number of nitrogens with one attached hydrogen (secondary N) is 1. The van der Waals surface area contributed by atoms with Crippen LogP contribution in [0.25, 0.3) is 0 Å². The van der Waals surface area contributed by atoms with Crippen molar-refractivity contribution in [1.29, 1.82) is 0 Å². The number of fused-ring (bicyclic) bond motifs is 1. The van der Waals surface area contributed by atoms with E-state index < -0.39 is 22.2 Å². The lowest BCUT2D eigenvalue weighted by Crippen LogP contribution is -2.42. The lowest BCUT2D eigenvalue weighted by molar-refractivity contribution is 0.0694. The molecule has 3 aromatic carbocycles. The number of carboxylic acid groups (broad SMARTS) is 1. The molecule has 142 valence electrons. The molecule has 3 aromatic rings. The van der Waals surface area contributed by atoms with Crippen LogP contribution in [-0.2, 0) is 16.6 Å². The molecular formula is C21H18N2O4S. The smallest absolute Gasteiger partial charge is 0.336 e. The Balaban J connectivity index is 1.89. The standard InChI is InChI=1S/C21H18N2O4S/c24-21(25)17-11-5-4-10-16(17)20-22-18-12-6-7-13-19(18)28(26,27)23(20)14-15-8-2-1-3-9-15/h1-13,20,22H,14H2,(H,24,25)/t20-/m1/s1. The fourth-order valence-electron chi connectivity index (χ4n) is 3.40. The Hall–Kier alpha value is -3.16. The first kappa shape index (κ1) is 18.2. The highest BCUT2D eigenvalue weighted by Crippen LogP contribution is 2.39. The molecule has 0 aromatic heterocycles. The van der Waals surface area contributed by atoms with Crippen molar-refractivity contribution in [1.82, 2.24) is 4.31 Å². The van der Waals surface area contributed by atoms with Gasteiger partial charge in [-0.25, -0.2) is 13.2 Å². The predicted molar refractivity (Wildman–Crippen MR) is 105 cm³/mol. The normalized spacial score (nSPS) is 18.1. The molecule has 2 N–H and O–H groups in total. The Labute approximate surface area is 163 Å². The third kappa shape index (κ3) is 3.15. The molecule has 0 saturated heterocycles. The van der Waals surface area contributed by atoms with Crippen LogP contribution >= 0.6 is 0 Å². The zero-order valence-corrected chi connectivity index (χ0v) is 15.6. The van der Waals surface area contributed by atoms with E-state index in [-0.39, 0.29) is 17.0 Å². The van der Waals surface area contributed by atoms with Gasteiger partial charge < -0.3 is 10.4 Å². The van der Waals surface area contributed by atoms with E-state index in [1.807, 2.05) is 30.3 Å². The van der Waals surface area contributed by atoms with Gasteiger partial charge >= 0.3 is 5.97 Å². The Morgan fingerprint density at radius 1 is 0.929 bits per heavy atom. The van der Waals surface area contributed by atoms with Gasteiger partial charge in [0.1, 0.15) is 11.1 Å². The van der Waals surface area contributed by atoms with Gasteiger partial charge in [-0.3, -0.25) is 0 Å². The largest absolute Gasteiger partial charge is 0.478 e. The van der Waals surface area contributed by atoms with E-state index in [4.69, 9.17) is 0 Å². The average molecular weight is 394 g/mol. The first-order chi connectivity index (χ1) is 13.5. The number of sulfonamides is 1. The molecular weight excluding hydrogens is 376 g/mol. The van der Waals surface area contributed by atoms with Gasteiger partial charge in [-0.05, 0) is 23.8 Å². The number of hydrogen-bond donors (Lipinski definition) is 2. The van der Waals surface area contributed by atoms with E-state index >= 15 is 0 Å². The minimum Gasteiger partial charge on any atom is -0.478 e. The lowest BCUT2D eigenvalue weighted by atomic mass is 10.0. The number of hydrogen-bond acceptors (Lipinski definition) is 4. The maximum Gasteiger partial charge on any atom is 0.336 e. The molecule has 0 radical (unpaired) electrons. The van der Waals surface area contributed by atoms with Crippen LogP contribution in [0.15, 0.2) is 83.8 Å². The van der Waals surface area contributed by atoms with Gasteiger partial charge in [0.2, 0.25) is 10.0 Å². The van der Waals surface area contributed by atoms with Gasteiger partial charge in [0.15, 0.2) is 0 Å². The Kier molecular flexibility index (Phi) is 4.62. The monoisotopic (exact) mass is 394 g/mol. The molecule has 0 fully saturated rings. The average Bonchev–Trinajstić information content (AvgIpc) is 2.71. The Morgan fingerprint density at radius 2 is 1.57 bits per heavy atom. The van der Waals surface area contributed by atoms with Gasteiger partial charge in [-0.15, -0.1) is 0 Å². The summed E-state index contributed by atoms with van der Waals surface area (Å²) in [6, 6.07) is 22.3. The minimum atomic E-state index is -3.84. The Bertz CT molecular complexity index is 1130. The minimum absolute atomic E-state index is 0.0626. The fraction of sp³-hybridized carbons (Fsp3) is 0.0952. The molecule has 0 saturated carbocycles. The lowest BCUT2D eigenvalue weighted by Gasteiger charge is -2.38. The molecule has 1 atom stereocenters. The SMILES string of the molecule is O=C(O)c1ccccc1[C@@H]1Nc2ccccc2S(=O)(=O)N1Cc1ccccc1. The first-order valence-corrected chi connectivity index (χ1v) is 10.2. The van der Waals surface area contributed by atoms with E-state index in [1.165, 1.54) is 10.4 Å². The van der Waals surface area contributed by atoms with Gasteiger partial charge in [0, 0.05) is 12.1 Å². The highest BCUT2D eigenvalue weighted by molar-refractivity contribution is 7.89. The third-order valence-corrected chi connectivity index (χ3v) is 6.59. The molecule has 28 heavy (non-hydrogen) atoms. The summed E-state index contributed by atoms with van der Waals surface area (Å²) in [5.74, 6) is -1.10. The molecule has 0 amide bonds. The molecule has 1 aliphatic rings. The van der Waals surface area contributed by atoms with E-state index in [0.717, 1.165) is 5.56 Å². The zero-order chi connectivity index (χ0) is 19.7. The van der Waals surface area contributed by atoms with Crippen LogP contribution in [0.3, 0.4) is 0 Å². The van der Waals surface area contributed by atoms with E-state index in [2.05, 4.69) is 5.32 Å². The number of carboxylic acids is 1. The molecule has 0 spiro atoms. The van der Waals surface area contributed by atoms with E-state index in [9.17, 15) is 18.3 Å². The van der Waals surface area contributed by atoms with Gasteiger partial charge in [0.25, 0.3) is 0 Å². The number of para-hydroxylation sites is 1. The maximum absolute atomic E-state index is 13.4.